The number of pyridine rings is 1. The molecule has 0 aliphatic carbocycles. The van der Waals surface area contributed by atoms with Crippen LogP contribution in [0.3, 0.4) is 0 Å². The Morgan fingerprint density at radius 3 is 2.75 bits per heavy atom. The van der Waals surface area contributed by atoms with Crippen molar-refractivity contribution in [1.82, 2.24) is 15.1 Å². The zero-order valence-electron chi connectivity index (χ0n) is 14.5. The highest BCUT2D eigenvalue weighted by molar-refractivity contribution is 5.91. The lowest BCUT2D eigenvalue weighted by Gasteiger charge is -2.11. The number of hydrogen-bond donors (Lipinski definition) is 1. The van der Waals surface area contributed by atoms with Gasteiger partial charge in [0.2, 0.25) is 5.89 Å². The number of rotatable bonds is 7. The van der Waals surface area contributed by atoms with Crippen LogP contribution in [0.5, 0.6) is 0 Å². The van der Waals surface area contributed by atoms with Crippen LogP contribution < -0.4 is 5.32 Å². The number of aryl methyl sites for hydroxylation is 2. The second-order valence-corrected chi connectivity index (χ2v) is 6.26. The van der Waals surface area contributed by atoms with Gasteiger partial charge in [-0.2, -0.15) is 4.98 Å². The number of nitrogens with zero attached hydrogens (tertiary/aromatic N) is 3. The van der Waals surface area contributed by atoms with Gasteiger partial charge in [0.15, 0.2) is 5.82 Å². The molecule has 5 nitrogen and oxygen atoms in total. The fraction of sp³-hybridized carbons (Fsp3) is 0.421. The molecule has 0 saturated heterocycles. The Hall–Kier alpha value is -2.43. The Morgan fingerprint density at radius 1 is 1.17 bits per heavy atom. The van der Waals surface area contributed by atoms with Crippen molar-refractivity contribution in [3.05, 3.63) is 47.7 Å². The summed E-state index contributed by atoms with van der Waals surface area (Å²) in [5, 5.41) is 8.70. The van der Waals surface area contributed by atoms with Crippen molar-refractivity contribution in [2.24, 2.45) is 0 Å². The van der Waals surface area contributed by atoms with Gasteiger partial charge in [0.05, 0.1) is 5.52 Å². The molecule has 1 N–H and O–H groups in total. The Kier molecular flexibility index (Phi) is 5.08. The summed E-state index contributed by atoms with van der Waals surface area (Å²) in [6.45, 7) is 7.12. The lowest BCUT2D eigenvalue weighted by molar-refractivity contribution is 0.369. The first kappa shape index (κ1) is 16.4. The van der Waals surface area contributed by atoms with Crippen molar-refractivity contribution in [2.75, 3.05) is 11.9 Å². The SMILES string of the molecule is CCc1cc(NCCCc2nc(C(C)C)no2)c2ccccc2n1. The van der Waals surface area contributed by atoms with Crippen molar-refractivity contribution in [2.45, 2.75) is 46.0 Å². The van der Waals surface area contributed by atoms with Gasteiger partial charge in [0.1, 0.15) is 0 Å². The van der Waals surface area contributed by atoms with Gasteiger partial charge in [-0.05, 0) is 25.0 Å². The molecule has 0 saturated carbocycles. The largest absolute Gasteiger partial charge is 0.384 e. The van der Waals surface area contributed by atoms with E-state index in [4.69, 9.17) is 4.52 Å². The van der Waals surface area contributed by atoms with E-state index in [1.54, 1.807) is 0 Å². The number of aromatic nitrogens is 3. The Morgan fingerprint density at radius 2 is 2.00 bits per heavy atom. The van der Waals surface area contributed by atoms with Crippen LogP contribution in [0.4, 0.5) is 5.69 Å². The normalized spacial score (nSPS) is 11.3. The second kappa shape index (κ2) is 7.43. The van der Waals surface area contributed by atoms with Crippen LogP contribution >= 0.6 is 0 Å². The summed E-state index contributed by atoms with van der Waals surface area (Å²) in [4.78, 5) is 9.09. The van der Waals surface area contributed by atoms with Crippen molar-refractivity contribution in [1.29, 1.82) is 0 Å². The van der Waals surface area contributed by atoms with Crippen LogP contribution in [0.15, 0.2) is 34.9 Å². The van der Waals surface area contributed by atoms with Crippen LogP contribution in [0.1, 0.15) is 50.5 Å². The molecule has 2 heterocycles. The van der Waals surface area contributed by atoms with Gasteiger partial charge in [-0.25, -0.2) is 0 Å². The Balaban J connectivity index is 1.63. The predicted octanol–water partition coefficient (Wildman–Crippen LogP) is 4.35. The first-order valence-corrected chi connectivity index (χ1v) is 8.62. The van der Waals surface area contributed by atoms with Crippen molar-refractivity contribution in [3.63, 3.8) is 0 Å². The summed E-state index contributed by atoms with van der Waals surface area (Å²) in [6.07, 6.45) is 2.66. The van der Waals surface area contributed by atoms with E-state index >= 15 is 0 Å². The molecule has 0 spiro atoms. The maximum atomic E-state index is 5.29. The molecule has 24 heavy (non-hydrogen) atoms. The molecule has 0 bridgehead atoms. The standard InChI is InChI=1S/C19H24N4O/c1-4-14-12-17(15-8-5-6-9-16(15)21-14)20-11-7-10-18-22-19(13(2)3)23-24-18/h5-6,8-9,12-13H,4,7,10-11H2,1-3H3,(H,20,21). The first-order chi connectivity index (χ1) is 11.7. The summed E-state index contributed by atoms with van der Waals surface area (Å²) >= 11 is 0. The van der Waals surface area contributed by atoms with E-state index in [1.807, 2.05) is 12.1 Å². The molecule has 126 valence electrons. The smallest absolute Gasteiger partial charge is 0.226 e. The van der Waals surface area contributed by atoms with E-state index in [0.717, 1.165) is 53.9 Å². The molecule has 1 aromatic carbocycles. The maximum absolute atomic E-state index is 5.29. The molecule has 0 aliphatic heterocycles. The molecular weight excluding hydrogens is 300 g/mol. The average Bonchev–Trinajstić information content (AvgIpc) is 3.07. The van der Waals surface area contributed by atoms with Crippen molar-refractivity contribution in [3.8, 4) is 0 Å². The highest BCUT2D eigenvalue weighted by atomic mass is 16.5. The fourth-order valence-electron chi connectivity index (χ4n) is 2.62. The topological polar surface area (TPSA) is 63.8 Å². The highest BCUT2D eigenvalue weighted by Gasteiger charge is 2.09. The molecule has 0 fully saturated rings. The van der Waals surface area contributed by atoms with Crippen LogP contribution in [0.25, 0.3) is 10.9 Å². The lowest BCUT2D eigenvalue weighted by Crippen LogP contribution is -2.05. The Labute approximate surface area is 142 Å². The monoisotopic (exact) mass is 324 g/mol. The molecule has 3 rings (SSSR count). The van der Waals surface area contributed by atoms with Gasteiger partial charge in [-0.1, -0.05) is 44.1 Å². The maximum Gasteiger partial charge on any atom is 0.226 e. The summed E-state index contributed by atoms with van der Waals surface area (Å²) in [6, 6.07) is 10.4. The van der Waals surface area contributed by atoms with Gasteiger partial charge >= 0.3 is 0 Å². The third-order valence-corrected chi connectivity index (χ3v) is 4.01. The summed E-state index contributed by atoms with van der Waals surface area (Å²) in [5.41, 5.74) is 3.29. The lowest BCUT2D eigenvalue weighted by atomic mass is 10.1. The third kappa shape index (κ3) is 3.72. The number of hydrogen-bond acceptors (Lipinski definition) is 5. The van der Waals surface area contributed by atoms with E-state index in [1.165, 1.54) is 0 Å². The van der Waals surface area contributed by atoms with Crippen LogP contribution in [0, 0.1) is 0 Å². The zero-order chi connectivity index (χ0) is 16.9. The molecule has 5 heteroatoms. The summed E-state index contributed by atoms with van der Waals surface area (Å²) < 4.78 is 5.29. The molecular formula is C19H24N4O. The zero-order valence-corrected chi connectivity index (χ0v) is 14.5. The third-order valence-electron chi connectivity index (χ3n) is 4.01. The quantitative estimate of drug-likeness (QED) is 0.655. The second-order valence-electron chi connectivity index (χ2n) is 6.26. The van der Waals surface area contributed by atoms with Crippen LogP contribution in [-0.4, -0.2) is 21.7 Å². The van der Waals surface area contributed by atoms with E-state index < -0.39 is 0 Å². The van der Waals surface area contributed by atoms with Crippen LogP contribution in [-0.2, 0) is 12.8 Å². The minimum Gasteiger partial charge on any atom is -0.384 e. The number of benzene rings is 1. The summed E-state index contributed by atoms with van der Waals surface area (Å²) in [7, 11) is 0. The van der Waals surface area contributed by atoms with Gasteiger partial charge in [0.25, 0.3) is 0 Å². The molecule has 0 aliphatic rings. The van der Waals surface area contributed by atoms with Gasteiger partial charge < -0.3 is 9.84 Å². The van der Waals surface area contributed by atoms with E-state index in [2.05, 4.69) is 59.4 Å². The van der Waals surface area contributed by atoms with E-state index in [0.29, 0.717) is 11.8 Å². The molecule has 2 aromatic heterocycles. The number of nitrogens with one attached hydrogen (secondary N) is 1. The Bertz CT molecular complexity index is 810. The van der Waals surface area contributed by atoms with Gasteiger partial charge in [-0.15, -0.1) is 0 Å². The minimum atomic E-state index is 0.302. The molecule has 0 atom stereocenters. The number of para-hydroxylation sites is 1. The predicted molar refractivity (Wildman–Crippen MR) is 96.3 cm³/mol. The molecule has 0 amide bonds. The van der Waals surface area contributed by atoms with Crippen molar-refractivity contribution >= 4 is 16.6 Å². The minimum absolute atomic E-state index is 0.302. The molecule has 3 aromatic rings. The first-order valence-electron chi connectivity index (χ1n) is 8.62. The van der Waals surface area contributed by atoms with E-state index in [9.17, 15) is 0 Å². The number of anilines is 1. The molecule has 0 unspecified atom stereocenters. The van der Waals surface area contributed by atoms with E-state index in [-0.39, 0.29) is 0 Å². The van der Waals surface area contributed by atoms with Gasteiger partial charge in [0, 0.05) is 35.7 Å². The fourth-order valence-corrected chi connectivity index (χ4v) is 2.62. The van der Waals surface area contributed by atoms with Gasteiger partial charge in [-0.3, -0.25) is 4.98 Å². The number of fused-ring (bicyclic) bond motifs is 1. The average molecular weight is 324 g/mol. The van der Waals surface area contributed by atoms with Crippen molar-refractivity contribution < 1.29 is 4.52 Å². The van der Waals surface area contributed by atoms with Crippen LogP contribution in [0.2, 0.25) is 0 Å². The summed E-state index contributed by atoms with van der Waals surface area (Å²) in [5.74, 6) is 1.80. The molecule has 0 radical (unpaired) electrons. The highest BCUT2D eigenvalue weighted by Crippen LogP contribution is 2.23.